The lowest BCUT2D eigenvalue weighted by Gasteiger charge is -2.09. The van der Waals surface area contributed by atoms with Crippen molar-refractivity contribution in [3.8, 4) is 5.75 Å². The molecule has 19 heavy (non-hydrogen) atoms. The van der Waals surface area contributed by atoms with Crippen molar-refractivity contribution in [3.05, 3.63) is 60.0 Å². The number of phenols is 1. The monoisotopic (exact) mass is 493 g/mol. The summed E-state index contributed by atoms with van der Waals surface area (Å²) < 4.78 is 2.91. The molecule has 0 aliphatic carbocycles. The summed E-state index contributed by atoms with van der Waals surface area (Å²) in [6.07, 6.45) is 0.493. The number of aromatic hydroxyl groups is 1. The van der Waals surface area contributed by atoms with Crippen LogP contribution in [-0.2, 0) is 6.42 Å². The van der Waals surface area contributed by atoms with E-state index in [9.17, 15) is 5.11 Å². The smallest absolute Gasteiger partial charge is 0.125 e. The summed E-state index contributed by atoms with van der Waals surface area (Å²) in [5.74, 6) is 0.129. The highest BCUT2D eigenvalue weighted by Crippen LogP contribution is 2.25. The fraction of sp³-hybridized carbons (Fsp3) is 0.0714. The Balaban J connectivity index is 2.28. The lowest BCUT2D eigenvalue weighted by molar-refractivity contribution is 0.473. The van der Waals surface area contributed by atoms with Crippen molar-refractivity contribution in [2.75, 3.05) is 0 Å². The second-order valence-electron chi connectivity index (χ2n) is 4.05. The molecule has 0 atom stereocenters. The van der Waals surface area contributed by atoms with Crippen molar-refractivity contribution in [1.29, 1.82) is 5.41 Å². The molecule has 0 spiro atoms. The average molecular weight is 495 g/mol. The van der Waals surface area contributed by atoms with Crippen LogP contribution in [0.3, 0.4) is 0 Å². The third kappa shape index (κ3) is 3.79. The number of rotatable bonds is 3. The van der Waals surface area contributed by atoms with Crippen molar-refractivity contribution >= 4 is 60.2 Å². The first-order valence-corrected chi connectivity index (χ1v) is 8.14. The van der Waals surface area contributed by atoms with Gasteiger partial charge in [-0.25, -0.2) is 0 Å². The van der Waals surface area contributed by atoms with Gasteiger partial charge >= 0.3 is 0 Å². The summed E-state index contributed by atoms with van der Waals surface area (Å²) in [5.41, 5.74) is 2.04. The molecule has 0 aromatic heterocycles. The Hall–Kier alpha value is -0.400. The molecule has 0 aliphatic rings. The number of halogens is 3. The van der Waals surface area contributed by atoms with E-state index in [1.54, 1.807) is 12.1 Å². The minimum Gasteiger partial charge on any atom is -0.507 e. The van der Waals surface area contributed by atoms with Crippen LogP contribution < -0.4 is 0 Å². The summed E-state index contributed by atoms with van der Waals surface area (Å²) in [7, 11) is 0. The van der Waals surface area contributed by atoms with Gasteiger partial charge in [0, 0.05) is 30.2 Å². The Kier molecular flexibility index (Phi) is 5.03. The van der Waals surface area contributed by atoms with Crippen molar-refractivity contribution in [3.63, 3.8) is 0 Å². The van der Waals surface area contributed by atoms with E-state index in [2.05, 4.69) is 54.5 Å². The molecule has 2 aromatic rings. The molecule has 0 unspecified atom stereocenters. The second kappa shape index (κ2) is 6.37. The van der Waals surface area contributed by atoms with E-state index >= 15 is 0 Å². The highest BCUT2D eigenvalue weighted by Gasteiger charge is 2.10. The quantitative estimate of drug-likeness (QED) is 0.451. The first kappa shape index (κ1) is 15.0. The normalized spacial score (nSPS) is 10.5. The Morgan fingerprint density at radius 3 is 2.42 bits per heavy atom. The molecular weight excluding hydrogens is 485 g/mol. The molecular formula is C14H10Br2INO. The summed E-state index contributed by atoms with van der Waals surface area (Å²) in [5, 5.41) is 18.0. The Morgan fingerprint density at radius 1 is 1.11 bits per heavy atom. The molecule has 0 radical (unpaired) electrons. The molecule has 0 aliphatic heterocycles. The largest absolute Gasteiger partial charge is 0.507 e. The van der Waals surface area contributed by atoms with Gasteiger partial charge in [-0.1, -0.05) is 31.9 Å². The van der Waals surface area contributed by atoms with Gasteiger partial charge in [0.15, 0.2) is 0 Å². The lowest BCUT2D eigenvalue weighted by atomic mass is 10.0. The maximum absolute atomic E-state index is 9.88. The molecule has 2 rings (SSSR count). The van der Waals surface area contributed by atoms with Gasteiger partial charge in [-0.3, -0.25) is 0 Å². The molecule has 2 nitrogen and oxygen atoms in total. The van der Waals surface area contributed by atoms with Gasteiger partial charge in [0.2, 0.25) is 0 Å². The van der Waals surface area contributed by atoms with Crippen molar-refractivity contribution in [2.24, 2.45) is 0 Å². The van der Waals surface area contributed by atoms with Gasteiger partial charge in [-0.2, -0.15) is 0 Å². The molecule has 0 amide bonds. The van der Waals surface area contributed by atoms with Crippen LogP contribution in [-0.4, -0.2) is 10.8 Å². The highest BCUT2D eigenvalue weighted by molar-refractivity contribution is 14.1. The number of hydrogen-bond donors (Lipinski definition) is 2. The first-order chi connectivity index (χ1) is 8.97. The standard InChI is InChI=1S/C14H10Br2INO/c15-9-2-4-12(17)8(5-9)6-13(18)11-3-1-10(16)7-14(11)19/h1-5,7,18-19H,6H2. The van der Waals surface area contributed by atoms with E-state index in [1.165, 1.54) is 0 Å². The summed E-state index contributed by atoms with van der Waals surface area (Å²) in [6.45, 7) is 0. The van der Waals surface area contributed by atoms with Gasteiger partial charge in [-0.05, 0) is 64.6 Å². The zero-order valence-corrected chi connectivity index (χ0v) is 15.1. The highest BCUT2D eigenvalue weighted by atomic mass is 127. The second-order valence-corrected chi connectivity index (χ2v) is 7.05. The summed E-state index contributed by atoms with van der Waals surface area (Å²) in [6, 6.07) is 11.2. The van der Waals surface area contributed by atoms with Crippen LogP contribution in [0.25, 0.3) is 0 Å². The Bertz CT molecular complexity index is 643. The summed E-state index contributed by atoms with van der Waals surface area (Å²) >= 11 is 8.99. The van der Waals surface area contributed by atoms with Crippen LogP contribution in [0, 0.1) is 8.98 Å². The molecule has 98 valence electrons. The van der Waals surface area contributed by atoms with E-state index in [0.717, 1.165) is 18.1 Å². The van der Waals surface area contributed by atoms with Crippen LogP contribution in [0.5, 0.6) is 5.75 Å². The van der Waals surface area contributed by atoms with Gasteiger partial charge in [0.05, 0.1) is 0 Å². The van der Waals surface area contributed by atoms with Crippen LogP contribution in [0.2, 0.25) is 0 Å². The van der Waals surface area contributed by atoms with Crippen molar-refractivity contribution in [1.82, 2.24) is 0 Å². The van der Waals surface area contributed by atoms with Gasteiger partial charge < -0.3 is 10.5 Å². The van der Waals surface area contributed by atoms with E-state index in [4.69, 9.17) is 5.41 Å². The third-order valence-corrected chi connectivity index (χ3v) is 4.70. The maximum atomic E-state index is 9.88. The third-order valence-electron chi connectivity index (χ3n) is 2.66. The molecule has 2 aromatic carbocycles. The van der Waals surface area contributed by atoms with Gasteiger partial charge in [0.1, 0.15) is 5.75 Å². The maximum Gasteiger partial charge on any atom is 0.125 e. The van der Waals surface area contributed by atoms with E-state index in [0.29, 0.717) is 17.7 Å². The zero-order valence-electron chi connectivity index (χ0n) is 9.75. The van der Waals surface area contributed by atoms with Gasteiger partial charge in [0.25, 0.3) is 0 Å². The molecule has 0 saturated heterocycles. The molecule has 5 heteroatoms. The Labute approximate surface area is 142 Å². The molecule has 0 bridgehead atoms. The molecule has 0 saturated carbocycles. The number of benzene rings is 2. The number of nitrogens with one attached hydrogen (secondary N) is 1. The van der Waals surface area contributed by atoms with Crippen molar-refractivity contribution in [2.45, 2.75) is 6.42 Å². The predicted molar refractivity (Wildman–Crippen MR) is 93.2 cm³/mol. The number of phenolic OH excluding ortho intramolecular Hbond substituents is 1. The zero-order chi connectivity index (χ0) is 14.0. The topological polar surface area (TPSA) is 44.1 Å². The fourth-order valence-electron chi connectivity index (χ4n) is 1.72. The Morgan fingerprint density at radius 2 is 1.74 bits per heavy atom. The van der Waals surface area contributed by atoms with Crippen molar-refractivity contribution < 1.29 is 5.11 Å². The molecule has 0 fully saturated rings. The van der Waals surface area contributed by atoms with Crippen LogP contribution in [0.15, 0.2) is 45.3 Å². The van der Waals surface area contributed by atoms with Gasteiger partial charge in [-0.15, -0.1) is 0 Å². The fourth-order valence-corrected chi connectivity index (χ4v) is 3.01. The predicted octanol–water partition coefficient (Wildman–Crippen LogP) is 5.13. The average Bonchev–Trinajstić information content (AvgIpc) is 2.33. The molecule has 2 N–H and O–H groups in total. The van der Waals surface area contributed by atoms with E-state index < -0.39 is 0 Å². The van der Waals surface area contributed by atoms with Crippen LogP contribution in [0.1, 0.15) is 11.1 Å². The SMILES string of the molecule is N=C(Cc1cc(Br)ccc1I)c1ccc(Br)cc1O. The van der Waals surface area contributed by atoms with Crippen LogP contribution >= 0.6 is 54.5 Å². The molecule has 0 heterocycles. The first-order valence-electron chi connectivity index (χ1n) is 5.47. The van der Waals surface area contributed by atoms with Crippen LogP contribution in [0.4, 0.5) is 0 Å². The number of hydrogen-bond acceptors (Lipinski definition) is 2. The lowest BCUT2D eigenvalue weighted by Crippen LogP contribution is -2.05. The minimum absolute atomic E-state index is 0.129. The minimum atomic E-state index is 0.129. The van der Waals surface area contributed by atoms with E-state index in [1.807, 2.05) is 24.3 Å². The van der Waals surface area contributed by atoms with E-state index in [-0.39, 0.29) is 5.75 Å². The summed E-state index contributed by atoms with van der Waals surface area (Å²) in [4.78, 5) is 0.